The summed E-state index contributed by atoms with van der Waals surface area (Å²) in [5, 5.41) is 17.9. The minimum atomic E-state index is -3.01. The van der Waals surface area contributed by atoms with Crippen LogP contribution in [0.5, 0.6) is 5.75 Å². The van der Waals surface area contributed by atoms with Gasteiger partial charge in [-0.1, -0.05) is 0 Å². The minimum Gasteiger partial charge on any atom is -0.497 e. The van der Waals surface area contributed by atoms with E-state index in [1.165, 1.54) is 4.80 Å². The molecule has 1 aliphatic heterocycles. The summed E-state index contributed by atoms with van der Waals surface area (Å²) in [6, 6.07) is 8.95. The average Bonchev–Trinajstić information content (AvgIpc) is 3.17. The third-order valence-corrected chi connectivity index (χ3v) is 5.85. The van der Waals surface area contributed by atoms with Crippen LogP contribution < -0.4 is 9.64 Å². The van der Waals surface area contributed by atoms with Crippen LogP contribution in [0.25, 0.3) is 5.69 Å². The number of sulfone groups is 1. The molecule has 0 radical (unpaired) electrons. The molecule has 126 valence electrons. The molecule has 9 heteroatoms. The highest BCUT2D eigenvalue weighted by atomic mass is 32.2. The number of aromatic nitrogens is 3. The Morgan fingerprint density at radius 1 is 1.33 bits per heavy atom. The van der Waals surface area contributed by atoms with E-state index in [2.05, 4.69) is 10.2 Å². The maximum atomic E-state index is 11.7. The maximum absolute atomic E-state index is 11.7. The first kappa shape index (κ1) is 16.3. The SMILES string of the molecule is COc1ccc(-n2nc(C#N)c(N(C)C3CCS(=O)(=O)C3)n2)cc1. The number of anilines is 1. The van der Waals surface area contributed by atoms with Crippen molar-refractivity contribution in [1.82, 2.24) is 15.0 Å². The summed E-state index contributed by atoms with van der Waals surface area (Å²) in [5.41, 5.74) is 0.851. The van der Waals surface area contributed by atoms with Gasteiger partial charge in [-0.15, -0.1) is 15.0 Å². The zero-order valence-corrected chi connectivity index (χ0v) is 14.2. The first-order chi connectivity index (χ1) is 11.4. The lowest BCUT2D eigenvalue weighted by molar-refractivity contribution is 0.414. The molecule has 0 N–H and O–H groups in total. The van der Waals surface area contributed by atoms with Crippen LogP contribution in [0.4, 0.5) is 5.82 Å². The number of rotatable bonds is 4. The topological polar surface area (TPSA) is 101 Å². The van der Waals surface area contributed by atoms with Gasteiger partial charge in [0.1, 0.15) is 11.8 Å². The van der Waals surface area contributed by atoms with E-state index in [0.29, 0.717) is 23.7 Å². The first-order valence-corrected chi connectivity index (χ1v) is 9.21. The smallest absolute Gasteiger partial charge is 0.207 e. The monoisotopic (exact) mass is 347 g/mol. The van der Waals surface area contributed by atoms with Crippen molar-refractivity contribution in [3.8, 4) is 17.5 Å². The zero-order valence-electron chi connectivity index (χ0n) is 13.4. The van der Waals surface area contributed by atoms with Crippen molar-refractivity contribution in [2.45, 2.75) is 12.5 Å². The standard InChI is InChI=1S/C15H17N5O3S/c1-19(12-7-8-24(21,22)10-12)15-14(9-16)17-20(18-15)11-3-5-13(23-2)6-4-11/h3-6,12H,7-8,10H2,1-2H3. The van der Waals surface area contributed by atoms with Gasteiger partial charge in [0.05, 0.1) is 24.3 Å². The van der Waals surface area contributed by atoms with Gasteiger partial charge in [-0.3, -0.25) is 0 Å². The van der Waals surface area contributed by atoms with Crippen LogP contribution in [0.2, 0.25) is 0 Å². The van der Waals surface area contributed by atoms with Crippen molar-refractivity contribution < 1.29 is 13.2 Å². The molecule has 1 unspecified atom stereocenters. The van der Waals surface area contributed by atoms with E-state index in [4.69, 9.17) is 4.74 Å². The number of ether oxygens (including phenoxy) is 1. The average molecular weight is 347 g/mol. The fraction of sp³-hybridized carbons (Fsp3) is 0.400. The van der Waals surface area contributed by atoms with E-state index < -0.39 is 9.84 Å². The third kappa shape index (κ3) is 3.05. The minimum absolute atomic E-state index is 0.0732. The van der Waals surface area contributed by atoms with Crippen LogP contribution in [0.15, 0.2) is 24.3 Å². The Labute approximate surface area is 140 Å². The number of nitriles is 1. The molecule has 1 aromatic carbocycles. The van der Waals surface area contributed by atoms with E-state index in [-0.39, 0.29) is 23.2 Å². The molecule has 24 heavy (non-hydrogen) atoms. The summed E-state index contributed by atoms with van der Waals surface area (Å²) in [5.74, 6) is 1.33. The highest BCUT2D eigenvalue weighted by Crippen LogP contribution is 2.24. The van der Waals surface area contributed by atoms with Gasteiger partial charge >= 0.3 is 0 Å². The Morgan fingerprint density at radius 3 is 2.58 bits per heavy atom. The van der Waals surface area contributed by atoms with E-state index in [1.54, 1.807) is 43.3 Å². The van der Waals surface area contributed by atoms with Crippen LogP contribution in [0.1, 0.15) is 12.1 Å². The Balaban J connectivity index is 1.91. The second-order valence-corrected chi connectivity index (χ2v) is 7.87. The Hall–Kier alpha value is -2.60. The first-order valence-electron chi connectivity index (χ1n) is 7.38. The summed E-state index contributed by atoms with van der Waals surface area (Å²) in [6.45, 7) is 0. The normalized spacial score (nSPS) is 19.0. The number of benzene rings is 1. The van der Waals surface area contributed by atoms with Crippen molar-refractivity contribution in [3.05, 3.63) is 30.0 Å². The summed E-state index contributed by atoms with van der Waals surface area (Å²) >= 11 is 0. The third-order valence-electron chi connectivity index (χ3n) is 4.10. The van der Waals surface area contributed by atoms with Crippen molar-refractivity contribution in [1.29, 1.82) is 5.26 Å². The molecule has 0 saturated carbocycles. The van der Waals surface area contributed by atoms with Crippen LogP contribution in [0.3, 0.4) is 0 Å². The molecule has 8 nitrogen and oxygen atoms in total. The largest absolute Gasteiger partial charge is 0.497 e. The van der Waals surface area contributed by atoms with Crippen molar-refractivity contribution >= 4 is 15.7 Å². The molecule has 2 aromatic rings. The number of hydrogen-bond acceptors (Lipinski definition) is 7. The molecular formula is C15H17N5O3S. The number of hydrogen-bond donors (Lipinski definition) is 0. The molecule has 0 aliphatic carbocycles. The van der Waals surface area contributed by atoms with E-state index in [0.717, 1.165) is 0 Å². The summed E-state index contributed by atoms with van der Waals surface area (Å²) < 4.78 is 28.5. The molecule has 2 heterocycles. The van der Waals surface area contributed by atoms with E-state index in [1.807, 2.05) is 6.07 Å². The van der Waals surface area contributed by atoms with Crippen LogP contribution in [0, 0.1) is 11.3 Å². The van der Waals surface area contributed by atoms with Crippen molar-refractivity contribution in [2.24, 2.45) is 0 Å². The number of methoxy groups -OCH3 is 1. The zero-order chi connectivity index (χ0) is 17.3. The summed E-state index contributed by atoms with van der Waals surface area (Å²) in [6.07, 6.45) is 0.527. The summed E-state index contributed by atoms with van der Waals surface area (Å²) in [4.78, 5) is 3.10. The molecule has 1 aromatic heterocycles. The maximum Gasteiger partial charge on any atom is 0.207 e. The highest BCUT2D eigenvalue weighted by Gasteiger charge is 2.33. The molecule has 0 bridgehead atoms. The molecule has 0 spiro atoms. The molecule has 0 amide bonds. The van der Waals surface area contributed by atoms with Gasteiger partial charge in [-0.2, -0.15) is 5.26 Å². The quantitative estimate of drug-likeness (QED) is 0.805. The second-order valence-electron chi connectivity index (χ2n) is 5.64. The Kier molecular flexibility index (Phi) is 4.15. The van der Waals surface area contributed by atoms with Crippen LogP contribution >= 0.6 is 0 Å². The Morgan fingerprint density at radius 2 is 2.04 bits per heavy atom. The molecule has 1 fully saturated rings. The lowest BCUT2D eigenvalue weighted by Gasteiger charge is -2.22. The van der Waals surface area contributed by atoms with Gasteiger partial charge in [0.2, 0.25) is 5.69 Å². The van der Waals surface area contributed by atoms with Crippen LogP contribution in [-0.4, -0.2) is 55.1 Å². The molecule has 1 atom stereocenters. The van der Waals surface area contributed by atoms with Gasteiger partial charge in [-0.25, -0.2) is 8.42 Å². The lowest BCUT2D eigenvalue weighted by atomic mass is 10.2. The van der Waals surface area contributed by atoms with Gasteiger partial charge in [0.25, 0.3) is 0 Å². The predicted octanol–water partition coefficient (Wildman–Crippen LogP) is 0.771. The molecule has 1 saturated heterocycles. The van der Waals surface area contributed by atoms with Crippen molar-refractivity contribution in [3.63, 3.8) is 0 Å². The number of nitrogens with zero attached hydrogens (tertiary/aromatic N) is 5. The fourth-order valence-electron chi connectivity index (χ4n) is 2.69. The second kappa shape index (κ2) is 6.13. The highest BCUT2D eigenvalue weighted by molar-refractivity contribution is 7.91. The van der Waals surface area contributed by atoms with Crippen LogP contribution in [-0.2, 0) is 9.84 Å². The van der Waals surface area contributed by atoms with E-state index >= 15 is 0 Å². The lowest BCUT2D eigenvalue weighted by Crippen LogP contribution is -2.33. The molecular weight excluding hydrogens is 330 g/mol. The Bertz CT molecular complexity index is 883. The summed E-state index contributed by atoms with van der Waals surface area (Å²) in [7, 11) is 0.311. The van der Waals surface area contributed by atoms with Gasteiger partial charge < -0.3 is 9.64 Å². The van der Waals surface area contributed by atoms with E-state index in [9.17, 15) is 13.7 Å². The van der Waals surface area contributed by atoms with Crippen molar-refractivity contribution in [2.75, 3.05) is 30.6 Å². The fourth-order valence-corrected chi connectivity index (χ4v) is 4.47. The van der Waals surface area contributed by atoms with Gasteiger partial charge in [0.15, 0.2) is 15.7 Å². The molecule has 3 rings (SSSR count). The molecule has 1 aliphatic rings. The van der Waals surface area contributed by atoms with Gasteiger partial charge in [0, 0.05) is 13.1 Å². The predicted molar refractivity (Wildman–Crippen MR) is 88.1 cm³/mol. The van der Waals surface area contributed by atoms with Gasteiger partial charge in [-0.05, 0) is 30.7 Å².